The van der Waals surface area contributed by atoms with Gasteiger partial charge in [-0.3, -0.25) is 0 Å². The number of nitrogens with one attached hydrogen (secondary N) is 1. The molecule has 2 rings (SSSR count). The maximum Gasteiger partial charge on any atom is 0.337 e. The molecule has 3 heteroatoms. The molecule has 1 aromatic rings. The summed E-state index contributed by atoms with van der Waals surface area (Å²) in [6, 6.07) is 5.87. The number of benzene rings is 1. The molecule has 0 aromatic heterocycles. The lowest BCUT2D eigenvalue weighted by Crippen LogP contribution is -2.31. The fourth-order valence-corrected chi connectivity index (χ4v) is 2.69. The molecular weight excluding hydrogens is 226 g/mol. The lowest BCUT2D eigenvalue weighted by Gasteiger charge is -2.31. The van der Waals surface area contributed by atoms with E-state index in [1.807, 2.05) is 19.1 Å². The van der Waals surface area contributed by atoms with E-state index in [0.717, 1.165) is 17.7 Å². The van der Waals surface area contributed by atoms with Crippen LogP contribution in [0.2, 0.25) is 0 Å². The van der Waals surface area contributed by atoms with Crippen molar-refractivity contribution in [1.82, 2.24) is 0 Å². The first-order valence-electron chi connectivity index (χ1n) is 6.68. The molecule has 2 atom stereocenters. The Bertz CT molecular complexity index is 442. The standard InChI is InChI=1S/C15H21NO2/c1-10-7-8-12(15(17)18)14(9-10)16-13-6-4-3-5-11(13)2/h7-9,11,13,16H,3-6H2,1-2H3,(H,17,18). The van der Waals surface area contributed by atoms with Gasteiger partial charge in [0.2, 0.25) is 0 Å². The van der Waals surface area contributed by atoms with Gasteiger partial charge in [0.25, 0.3) is 0 Å². The number of aryl methyl sites for hydroxylation is 1. The van der Waals surface area contributed by atoms with Crippen LogP contribution in [0.25, 0.3) is 0 Å². The molecule has 0 heterocycles. The number of hydrogen-bond donors (Lipinski definition) is 2. The molecule has 0 spiro atoms. The highest BCUT2D eigenvalue weighted by Crippen LogP contribution is 2.28. The summed E-state index contributed by atoms with van der Waals surface area (Å²) >= 11 is 0. The van der Waals surface area contributed by atoms with Crippen LogP contribution in [0.4, 0.5) is 5.69 Å². The molecule has 0 aliphatic heterocycles. The van der Waals surface area contributed by atoms with Gasteiger partial charge in [0.05, 0.1) is 5.56 Å². The zero-order chi connectivity index (χ0) is 13.1. The van der Waals surface area contributed by atoms with Crippen molar-refractivity contribution in [3.05, 3.63) is 29.3 Å². The summed E-state index contributed by atoms with van der Waals surface area (Å²) in [7, 11) is 0. The van der Waals surface area contributed by atoms with Gasteiger partial charge < -0.3 is 10.4 Å². The molecule has 0 saturated heterocycles. The van der Waals surface area contributed by atoms with Gasteiger partial charge in [-0.25, -0.2) is 4.79 Å². The Labute approximate surface area is 108 Å². The number of aromatic carboxylic acids is 1. The van der Waals surface area contributed by atoms with Crippen molar-refractivity contribution in [2.24, 2.45) is 5.92 Å². The molecule has 1 aromatic carbocycles. The maximum absolute atomic E-state index is 11.2. The van der Waals surface area contributed by atoms with E-state index in [4.69, 9.17) is 0 Å². The smallest absolute Gasteiger partial charge is 0.337 e. The van der Waals surface area contributed by atoms with Gasteiger partial charge in [-0.15, -0.1) is 0 Å². The van der Waals surface area contributed by atoms with Crippen molar-refractivity contribution < 1.29 is 9.90 Å². The monoisotopic (exact) mass is 247 g/mol. The van der Waals surface area contributed by atoms with Gasteiger partial charge >= 0.3 is 5.97 Å². The second-order valence-corrected chi connectivity index (χ2v) is 5.37. The fourth-order valence-electron chi connectivity index (χ4n) is 2.69. The van der Waals surface area contributed by atoms with E-state index < -0.39 is 5.97 Å². The second kappa shape index (κ2) is 5.42. The number of hydrogen-bond acceptors (Lipinski definition) is 2. The first kappa shape index (κ1) is 12.9. The van der Waals surface area contributed by atoms with Gasteiger partial charge in [0.1, 0.15) is 0 Å². The van der Waals surface area contributed by atoms with Gasteiger partial charge in [0.15, 0.2) is 0 Å². The zero-order valence-corrected chi connectivity index (χ0v) is 11.1. The van der Waals surface area contributed by atoms with Gasteiger partial charge in [-0.1, -0.05) is 25.8 Å². The molecule has 98 valence electrons. The Hall–Kier alpha value is -1.51. The summed E-state index contributed by atoms with van der Waals surface area (Å²) in [5.41, 5.74) is 2.23. The van der Waals surface area contributed by atoms with E-state index in [9.17, 15) is 9.90 Å². The van der Waals surface area contributed by atoms with Crippen LogP contribution in [-0.4, -0.2) is 17.1 Å². The Kier molecular flexibility index (Phi) is 3.90. The van der Waals surface area contributed by atoms with Crippen molar-refractivity contribution >= 4 is 11.7 Å². The SMILES string of the molecule is Cc1ccc(C(=O)O)c(NC2CCCCC2C)c1. The van der Waals surface area contributed by atoms with Crippen molar-refractivity contribution in [2.75, 3.05) is 5.32 Å². The number of anilines is 1. The zero-order valence-electron chi connectivity index (χ0n) is 11.1. The second-order valence-electron chi connectivity index (χ2n) is 5.37. The van der Waals surface area contributed by atoms with E-state index in [2.05, 4.69) is 12.2 Å². The minimum absolute atomic E-state index is 0.373. The van der Waals surface area contributed by atoms with E-state index >= 15 is 0 Å². The molecule has 2 N–H and O–H groups in total. The summed E-state index contributed by atoms with van der Waals surface area (Å²) in [5, 5.41) is 12.7. The topological polar surface area (TPSA) is 49.3 Å². The fraction of sp³-hybridized carbons (Fsp3) is 0.533. The lowest BCUT2D eigenvalue weighted by atomic mass is 9.85. The van der Waals surface area contributed by atoms with Gasteiger partial charge in [-0.05, 0) is 43.4 Å². The Morgan fingerprint density at radius 3 is 2.72 bits per heavy atom. The number of carboxylic acid groups (broad SMARTS) is 1. The van der Waals surface area contributed by atoms with Crippen molar-refractivity contribution in [2.45, 2.75) is 45.6 Å². The largest absolute Gasteiger partial charge is 0.478 e. The lowest BCUT2D eigenvalue weighted by molar-refractivity contribution is 0.0698. The predicted molar refractivity (Wildman–Crippen MR) is 73.2 cm³/mol. The number of carbonyl (C=O) groups is 1. The number of carboxylic acids is 1. The summed E-state index contributed by atoms with van der Waals surface area (Å²) in [5.74, 6) is -0.248. The minimum Gasteiger partial charge on any atom is -0.478 e. The average molecular weight is 247 g/mol. The van der Waals surface area contributed by atoms with Crippen molar-refractivity contribution in [1.29, 1.82) is 0 Å². The molecule has 0 amide bonds. The summed E-state index contributed by atoms with van der Waals surface area (Å²) in [6.07, 6.45) is 4.88. The van der Waals surface area contributed by atoms with Crippen LogP contribution < -0.4 is 5.32 Å². The normalized spacial score (nSPS) is 23.7. The van der Waals surface area contributed by atoms with Crippen LogP contribution in [0, 0.1) is 12.8 Å². The van der Waals surface area contributed by atoms with Crippen molar-refractivity contribution in [3.63, 3.8) is 0 Å². The molecule has 2 unspecified atom stereocenters. The van der Waals surface area contributed by atoms with Gasteiger partial charge in [-0.2, -0.15) is 0 Å². The first-order chi connectivity index (χ1) is 8.58. The van der Waals surface area contributed by atoms with E-state index in [-0.39, 0.29) is 0 Å². The predicted octanol–water partition coefficient (Wildman–Crippen LogP) is 3.68. The Balaban J connectivity index is 2.21. The first-order valence-corrected chi connectivity index (χ1v) is 6.68. The molecule has 0 radical (unpaired) electrons. The average Bonchev–Trinajstić information content (AvgIpc) is 2.32. The Morgan fingerprint density at radius 1 is 1.33 bits per heavy atom. The third-order valence-corrected chi connectivity index (χ3v) is 3.86. The third-order valence-electron chi connectivity index (χ3n) is 3.86. The summed E-state index contributed by atoms with van der Waals surface area (Å²) in [4.78, 5) is 11.2. The molecule has 18 heavy (non-hydrogen) atoms. The molecular formula is C15H21NO2. The molecule has 1 aliphatic carbocycles. The van der Waals surface area contributed by atoms with Crippen LogP contribution in [0.15, 0.2) is 18.2 Å². The maximum atomic E-state index is 11.2. The van der Waals surface area contributed by atoms with E-state index in [0.29, 0.717) is 17.5 Å². The molecule has 3 nitrogen and oxygen atoms in total. The van der Waals surface area contributed by atoms with Crippen LogP contribution in [0.5, 0.6) is 0 Å². The highest BCUT2D eigenvalue weighted by molar-refractivity contribution is 5.94. The molecule has 1 saturated carbocycles. The number of rotatable bonds is 3. The van der Waals surface area contributed by atoms with Crippen LogP contribution in [0.3, 0.4) is 0 Å². The van der Waals surface area contributed by atoms with Crippen molar-refractivity contribution in [3.8, 4) is 0 Å². The quantitative estimate of drug-likeness (QED) is 0.856. The van der Waals surface area contributed by atoms with Crippen LogP contribution >= 0.6 is 0 Å². The molecule has 0 bridgehead atoms. The van der Waals surface area contributed by atoms with E-state index in [1.165, 1.54) is 19.3 Å². The third kappa shape index (κ3) is 2.84. The Morgan fingerprint density at radius 2 is 2.06 bits per heavy atom. The summed E-state index contributed by atoms with van der Waals surface area (Å²) < 4.78 is 0. The highest BCUT2D eigenvalue weighted by Gasteiger charge is 2.22. The molecule has 1 aliphatic rings. The van der Waals surface area contributed by atoms with E-state index in [1.54, 1.807) is 6.07 Å². The van der Waals surface area contributed by atoms with Crippen LogP contribution in [0.1, 0.15) is 48.5 Å². The molecule has 1 fully saturated rings. The minimum atomic E-state index is -0.860. The van der Waals surface area contributed by atoms with Gasteiger partial charge in [0, 0.05) is 11.7 Å². The van der Waals surface area contributed by atoms with Crippen LogP contribution in [-0.2, 0) is 0 Å². The summed E-state index contributed by atoms with van der Waals surface area (Å²) in [6.45, 7) is 4.23. The highest BCUT2D eigenvalue weighted by atomic mass is 16.4.